The lowest BCUT2D eigenvalue weighted by Gasteiger charge is -2.26. The third-order valence-electron chi connectivity index (χ3n) is 8.79. The molecular weight excluding hydrogens is 597 g/mol. The fourth-order valence-corrected chi connectivity index (χ4v) is 5.61. The van der Waals surface area contributed by atoms with Crippen LogP contribution in [-0.2, 0) is 6.42 Å². The minimum atomic E-state index is 0.346. The molecule has 0 bridgehead atoms. The number of benzene rings is 2. The van der Waals surface area contributed by atoms with E-state index < -0.39 is 0 Å². The topological polar surface area (TPSA) is 47.3 Å². The number of nitrogens with one attached hydrogen (secondary N) is 1. The lowest BCUT2D eigenvalue weighted by molar-refractivity contribution is 0.313. The molecule has 0 fully saturated rings. The monoisotopic (exact) mass is 679 g/mol. The summed E-state index contributed by atoms with van der Waals surface area (Å²) in [6.07, 6.45) is 17.2. The summed E-state index contributed by atoms with van der Waals surface area (Å²) in [5.41, 5.74) is 17.2. The molecule has 0 saturated carbocycles. The van der Waals surface area contributed by atoms with E-state index in [1.165, 1.54) is 71.9 Å². The summed E-state index contributed by atoms with van der Waals surface area (Å²) in [4.78, 5) is 0. The number of hydrogen-bond acceptors (Lipinski definition) is 3. The fraction of sp³-hybridized carbons (Fsp3) is 0.652. The van der Waals surface area contributed by atoms with Crippen LogP contribution < -0.4 is 15.8 Å². The van der Waals surface area contributed by atoms with Crippen molar-refractivity contribution in [1.29, 1.82) is 0 Å². The second-order valence-electron chi connectivity index (χ2n) is 13.8. The molecule has 2 rings (SSSR count). The van der Waals surface area contributed by atoms with Gasteiger partial charge in [-0.05, 0) is 96.0 Å². The Hall–Kier alpha value is -2.68. The molecule has 0 saturated heterocycles. The zero-order valence-corrected chi connectivity index (χ0v) is 35.3. The molecule has 282 valence electrons. The van der Waals surface area contributed by atoms with Gasteiger partial charge in [-0.3, -0.25) is 0 Å². The zero-order chi connectivity index (χ0) is 37.9. The molecule has 1 atom stereocenters. The number of hydrogen-bond donors (Lipinski definition) is 2. The number of nitrogens with two attached hydrogens (primary N) is 1. The van der Waals surface area contributed by atoms with Crippen LogP contribution in [0.4, 0.5) is 5.69 Å². The van der Waals surface area contributed by atoms with Gasteiger partial charge in [0.05, 0.1) is 12.3 Å². The number of ether oxygens (including phenoxy) is 1. The molecule has 0 aromatic heterocycles. The second-order valence-corrected chi connectivity index (χ2v) is 13.8. The van der Waals surface area contributed by atoms with Gasteiger partial charge in [-0.1, -0.05) is 167 Å². The van der Waals surface area contributed by atoms with Crippen molar-refractivity contribution < 1.29 is 4.74 Å². The van der Waals surface area contributed by atoms with Crippen LogP contribution in [0.2, 0.25) is 0 Å². The van der Waals surface area contributed by atoms with E-state index in [-0.39, 0.29) is 0 Å². The molecular formula is C46H82N2O. The summed E-state index contributed by atoms with van der Waals surface area (Å²) in [6, 6.07) is 7.00. The molecule has 0 aliphatic rings. The van der Waals surface area contributed by atoms with Gasteiger partial charge < -0.3 is 15.8 Å². The molecule has 0 heterocycles. The van der Waals surface area contributed by atoms with Crippen molar-refractivity contribution in [2.24, 2.45) is 11.7 Å². The van der Waals surface area contributed by atoms with E-state index in [1.807, 2.05) is 13.8 Å². The maximum absolute atomic E-state index is 6.60. The van der Waals surface area contributed by atoms with Crippen molar-refractivity contribution in [3.63, 3.8) is 0 Å². The Balaban J connectivity index is 0. The molecule has 0 amide bonds. The highest BCUT2D eigenvalue weighted by Crippen LogP contribution is 2.44. The van der Waals surface area contributed by atoms with Gasteiger partial charge in [0.1, 0.15) is 5.75 Å². The first-order valence-electron chi connectivity index (χ1n) is 20.2. The van der Waals surface area contributed by atoms with Gasteiger partial charge in [-0.25, -0.2) is 0 Å². The molecule has 2 aromatic rings. The molecule has 49 heavy (non-hydrogen) atoms. The summed E-state index contributed by atoms with van der Waals surface area (Å²) in [6.45, 7) is 37.7. The first kappa shape index (κ1) is 48.4. The SMILES string of the molecule is C=CNc1c(/C(N)=C/CC)c(C)cc(-c2cc(OCCC)c(CCC)c(C(C)C)c2)c1C(C)CC.CC.CCC(C)C.CCCCCCC. The van der Waals surface area contributed by atoms with E-state index in [0.29, 0.717) is 11.8 Å². The quantitative estimate of drug-likeness (QED) is 0.154. The first-order valence-corrected chi connectivity index (χ1v) is 20.2. The fourth-order valence-electron chi connectivity index (χ4n) is 5.61. The zero-order valence-electron chi connectivity index (χ0n) is 35.3. The van der Waals surface area contributed by atoms with E-state index in [0.717, 1.165) is 67.3 Å². The van der Waals surface area contributed by atoms with Crippen molar-refractivity contribution in [3.8, 4) is 16.9 Å². The molecule has 2 aromatic carbocycles. The van der Waals surface area contributed by atoms with Gasteiger partial charge in [-0.2, -0.15) is 0 Å². The van der Waals surface area contributed by atoms with Crippen LogP contribution in [0, 0.1) is 12.8 Å². The summed E-state index contributed by atoms with van der Waals surface area (Å²) in [5.74, 6) is 2.69. The van der Waals surface area contributed by atoms with Crippen molar-refractivity contribution in [1.82, 2.24) is 0 Å². The molecule has 0 aliphatic heterocycles. The van der Waals surface area contributed by atoms with Gasteiger partial charge in [-0.15, -0.1) is 0 Å². The van der Waals surface area contributed by atoms with E-state index in [9.17, 15) is 0 Å². The predicted molar refractivity (Wildman–Crippen MR) is 226 cm³/mol. The van der Waals surface area contributed by atoms with Crippen molar-refractivity contribution in [2.45, 2.75) is 186 Å². The third kappa shape index (κ3) is 17.2. The van der Waals surface area contributed by atoms with Crippen LogP contribution >= 0.6 is 0 Å². The highest BCUT2D eigenvalue weighted by Gasteiger charge is 2.24. The average Bonchev–Trinajstić information content (AvgIpc) is 3.09. The van der Waals surface area contributed by atoms with E-state index in [2.05, 4.69) is 126 Å². The van der Waals surface area contributed by atoms with Crippen LogP contribution in [0.5, 0.6) is 5.75 Å². The van der Waals surface area contributed by atoms with Gasteiger partial charge in [0.15, 0.2) is 0 Å². The summed E-state index contributed by atoms with van der Waals surface area (Å²) < 4.78 is 6.36. The van der Waals surface area contributed by atoms with Crippen LogP contribution in [0.15, 0.2) is 37.1 Å². The molecule has 3 N–H and O–H groups in total. The molecule has 3 nitrogen and oxygen atoms in total. The minimum absolute atomic E-state index is 0.346. The van der Waals surface area contributed by atoms with Crippen molar-refractivity contribution in [3.05, 3.63) is 64.9 Å². The van der Waals surface area contributed by atoms with E-state index in [1.54, 1.807) is 6.20 Å². The standard InChI is InChI=1S/C32H48N2O.C7H16.C5H12.C2H6/c1-10-15-25-26(21(6)7)19-24(20-29(25)35-17-12-3)27-18-23(9)31(28(33)16-11-2)32(34-14-5)30(27)22(8)13-4;1-3-5-7-6-4-2;1-4-5(2)3;1-2/h14,16,18-22,34H,5,10-13,15,17,33H2,1-4,6-9H3;3-7H2,1-2H3;5H,4H2,1-3H3;1-2H3/b28-16-;;;. The second kappa shape index (κ2) is 29.1. The largest absolute Gasteiger partial charge is 0.493 e. The first-order chi connectivity index (χ1) is 23.4. The molecule has 0 radical (unpaired) electrons. The highest BCUT2D eigenvalue weighted by atomic mass is 16.5. The normalized spacial score (nSPS) is 11.5. The van der Waals surface area contributed by atoms with Crippen LogP contribution in [0.3, 0.4) is 0 Å². The lowest BCUT2D eigenvalue weighted by Crippen LogP contribution is -2.10. The minimum Gasteiger partial charge on any atom is -0.493 e. The van der Waals surface area contributed by atoms with Crippen molar-refractivity contribution in [2.75, 3.05) is 11.9 Å². The number of anilines is 1. The lowest BCUT2D eigenvalue weighted by atomic mass is 9.82. The van der Waals surface area contributed by atoms with Gasteiger partial charge in [0.25, 0.3) is 0 Å². The number of aryl methyl sites for hydroxylation is 1. The van der Waals surface area contributed by atoms with Gasteiger partial charge in [0, 0.05) is 11.3 Å². The van der Waals surface area contributed by atoms with Crippen LogP contribution in [0.1, 0.15) is 201 Å². The van der Waals surface area contributed by atoms with Crippen molar-refractivity contribution >= 4 is 11.4 Å². The smallest absolute Gasteiger partial charge is 0.123 e. The Bertz CT molecular complexity index is 1170. The maximum Gasteiger partial charge on any atom is 0.123 e. The number of allylic oxidation sites excluding steroid dienone is 1. The van der Waals surface area contributed by atoms with Gasteiger partial charge in [0.2, 0.25) is 0 Å². The Morgan fingerprint density at radius 1 is 0.837 bits per heavy atom. The maximum atomic E-state index is 6.60. The molecule has 3 heteroatoms. The highest BCUT2D eigenvalue weighted by molar-refractivity contribution is 5.87. The summed E-state index contributed by atoms with van der Waals surface area (Å²) in [7, 11) is 0. The Morgan fingerprint density at radius 3 is 1.86 bits per heavy atom. The number of rotatable bonds is 18. The van der Waals surface area contributed by atoms with Gasteiger partial charge >= 0.3 is 0 Å². The summed E-state index contributed by atoms with van der Waals surface area (Å²) >= 11 is 0. The Morgan fingerprint density at radius 2 is 1.43 bits per heavy atom. The number of unbranched alkanes of at least 4 members (excludes halogenated alkanes) is 4. The molecule has 0 spiro atoms. The molecule has 1 unspecified atom stereocenters. The molecule has 0 aliphatic carbocycles. The Labute approximate surface area is 307 Å². The van der Waals surface area contributed by atoms with Crippen LogP contribution in [-0.4, -0.2) is 6.61 Å². The van der Waals surface area contributed by atoms with E-state index >= 15 is 0 Å². The predicted octanol–water partition coefficient (Wildman–Crippen LogP) is 15.4. The third-order valence-corrected chi connectivity index (χ3v) is 8.79. The Kier molecular flexibility index (Phi) is 28.8. The summed E-state index contributed by atoms with van der Waals surface area (Å²) in [5, 5.41) is 3.48. The average molecular weight is 679 g/mol. The van der Waals surface area contributed by atoms with E-state index in [4.69, 9.17) is 10.5 Å². The van der Waals surface area contributed by atoms with Crippen LogP contribution in [0.25, 0.3) is 16.8 Å².